The summed E-state index contributed by atoms with van der Waals surface area (Å²) in [6.45, 7) is 7.67. The van der Waals surface area contributed by atoms with Gasteiger partial charge in [-0.15, -0.1) is 0 Å². The number of rotatable bonds is 9. The summed E-state index contributed by atoms with van der Waals surface area (Å²) in [5.41, 5.74) is 5.37. The van der Waals surface area contributed by atoms with Gasteiger partial charge in [-0.25, -0.2) is 14.5 Å². The summed E-state index contributed by atoms with van der Waals surface area (Å²) >= 11 is 0. The lowest BCUT2D eigenvalue weighted by atomic mass is 9.86. The molecule has 45 heavy (non-hydrogen) atoms. The topological polar surface area (TPSA) is 110 Å². The number of anilines is 1. The van der Waals surface area contributed by atoms with Gasteiger partial charge in [0, 0.05) is 61.3 Å². The highest BCUT2D eigenvalue weighted by Gasteiger charge is 2.46. The average Bonchev–Trinajstić information content (AvgIpc) is 3.68. The zero-order chi connectivity index (χ0) is 30.5. The molecule has 11 nitrogen and oxygen atoms in total. The van der Waals surface area contributed by atoms with E-state index in [9.17, 15) is 5.26 Å². The lowest BCUT2D eigenvalue weighted by Gasteiger charge is -2.57. The molecule has 5 aliphatic rings. The molecule has 3 unspecified atom stereocenters. The number of methoxy groups -OCH3 is 1. The average molecular weight is 608 g/mol. The van der Waals surface area contributed by atoms with E-state index < -0.39 is 0 Å². The largest absolute Gasteiger partial charge is 0.492 e. The zero-order valence-electron chi connectivity index (χ0n) is 25.7. The fourth-order valence-electron chi connectivity index (χ4n) is 7.48. The third kappa shape index (κ3) is 5.17. The number of ether oxygens (including phenoxy) is 4. The molecule has 0 saturated carbocycles. The third-order valence-corrected chi connectivity index (χ3v) is 9.90. The normalized spacial score (nSPS) is 23.5. The van der Waals surface area contributed by atoms with Crippen LogP contribution in [0.25, 0.3) is 16.6 Å². The van der Waals surface area contributed by atoms with Crippen molar-refractivity contribution in [3.05, 3.63) is 65.7 Å². The van der Waals surface area contributed by atoms with Crippen molar-refractivity contribution in [3.8, 4) is 28.8 Å². The molecule has 0 radical (unpaired) electrons. The molecule has 11 heteroatoms. The first-order valence-electron chi connectivity index (χ1n) is 15.7. The molecule has 9 rings (SSSR count). The maximum Gasteiger partial charge on any atom is 0.212 e. The first-order chi connectivity index (χ1) is 22.0. The van der Waals surface area contributed by atoms with E-state index in [-0.39, 0.29) is 5.60 Å². The van der Waals surface area contributed by atoms with Crippen LogP contribution < -0.4 is 14.4 Å². The molecule has 0 N–H and O–H groups in total. The summed E-state index contributed by atoms with van der Waals surface area (Å²) in [4.78, 5) is 14.4. The fraction of sp³-hybridized carbons (Fsp3) is 0.471. The van der Waals surface area contributed by atoms with Gasteiger partial charge in [0.05, 0.1) is 57.0 Å². The number of hydrogen-bond acceptors (Lipinski definition) is 10. The summed E-state index contributed by atoms with van der Waals surface area (Å²) in [6, 6.07) is 11.5. The van der Waals surface area contributed by atoms with Crippen LogP contribution in [0.5, 0.6) is 11.6 Å². The molecule has 1 spiro atoms. The molecule has 232 valence electrons. The fourth-order valence-corrected chi connectivity index (χ4v) is 7.48. The summed E-state index contributed by atoms with van der Waals surface area (Å²) in [5.74, 6) is 2.85. The van der Waals surface area contributed by atoms with Crippen LogP contribution in [0.2, 0.25) is 0 Å². The second kappa shape index (κ2) is 11.3. The standard InChI is InChI=1S/C34H37N7O4/c1-22-7-25(13-37-33(22)39-16-27-8-28(17-39)40(27)15-24-3-4-31(42-2)36-12-24)30-9-29(18-41-32(30)26(11-35)14-38-41)44-6-5-23-10-34(45-19-23)20-43-21-34/h3-4,7,9,12-14,18,23,27-28H,5-6,8,10,15-17,19-21H2,1-2H3. The number of aryl methyl sites for hydroxylation is 1. The van der Waals surface area contributed by atoms with Gasteiger partial charge in [-0.2, -0.15) is 10.4 Å². The van der Waals surface area contributed by atoms with Crippen LogP contribution in [-0.2, 0) is 16.0 Å². The second-order valence-electron chi connectivity index (χ2n) is 12.9. The van der Waals surface area contributed by atoms with E-state index in [1.807, 2.05) is 30.7 Å². The van der Waals surface area contributed by atoms with E-state index in [1.54, 1.807) is 17.8 Å². The Balaban J connectivity index is 0.974. The molecule has 2 bridgehead atoms. The Bertz CT molecular complexity index is 1750. The molecule has 0 amide bonds. The van der Waals surface area contributed by atoms with Crippen molar-refractivity contribution in [1.82, 2.24) is 24.5 Å². The van der Waals surface area contributed by atoms with Crippen LogP contribution in [-0.4, -0.2) is 88.8 Å². The van der Waals surface area contributed by atoms with Crippen molar-refractivity contribution < 1.29 is 18.9 Å². The van der Waals surface area contributed by atoms with Crippen molar-refractivity contribution in [1.29, 1.82) is 5.26 Å². The van der Waals surface area contributed by atoms with Gasteiger partial charge in [-0.05, 0) is 55.4 Å². The van der Waals surface area contributed by atoms with Gasteiger partial charge in [0.25, 0.3) is 0 Å². The van der Waals surface area contributed by atoms with Crippen LogP contribution in [0.15, 0.2) is 49.1 Å². The molecule has 4 aromatic rings. The number of nitrogens with zero attached hydrogens (tertiary/aromatic N) is 7. The van der Waals surface area contributed by atoms with E-state index in [1.165, 1.54) is 12.0 Å². The minimum atomic E-state index is -0.0560. The molecular formula is C34H37N7O4. The zero-order valence-corrected chi connectivity index (χ0v) is 25.7. The molecule has 0 aromatic carbocycles. The van der Waals surface area contributed by atoms with Gasteiger partial charge in [-0.3, -0.25) is 4.90 Å². The van der Waals surface area contributed by atoms with E-state index in [0.717, 1.165) is 72.9 Å². The number of aromatic nitrogens is 4. The number of pyridine rings is 3. The predicted molar refractivity (Wildman–Crippen MR) is 166 cm³/mol. The summed E-state index contributed by atoms with van der Waals surface area (Å²) < 4.78 is 24.6. The smallest absolute Gasteiger partial charge is 0.212 e. The minimum absolute atomic E-state index is 0.0560. The summed E-state index contributed by atoms with van der Waals surface area (Å²) in [7, 11) is 1.64. The molecule has 5 saturated heterocycles. The van der Waals surface area contributed by atoms with E-state index in [2.05, 4.69) is 45.0 Å². The number of nitriles is 1. The predicted octanol–water partition coefficient (Wildman–Crippen LogP) is 4.02. The molecule has 9 heterocycles. The number of hydrogen-bond donors (Lipinski definition) is 0. The highest BCUT2D eigenvalue weighted by molar-refractivity contribution is 5.85. The van der Waals surface area contributed by atoms with Crippen molar-refractivity contribution in [2.24, 2.45) is 5.92 Å². The van der Waals surface area contributed by atoms with Gasteiger partial charge in [0.15, 0.2) is 0 Å². The molecule has 0 aliphatic carbocycles. The van der Waals surface area contributed by atoms with Crippen LogP contribution in [0.1, 0.15) is 36.0 Å². The Kier molecular flexibility index (Phi) is 7.08. The van der Waals surface area contributed by atoms with Crippen LogP contribution in [0, 0.1) is 24.2 Å². The Morgan fingerprint density at radius 3 is 2.67 bits per heavy atom. The number of piperazine rings is 1. The van der Waals surface area contributed by atoms with Gasteiger partial charge < -0.3 is 23.8 Å². The van der Waals surface area contributed by atoms with E-state index in [0.29, 0.717) is 49.3 Å². The molecular weight excluding hydrogens is 570 g/mol. The van der Waals surface area contributed by atoms with E-state index in [4.69, 9.17) is 23.9 Å². The monoisotopic (exact) mass is 607 g/mol. The van der Waals surface area contributed by atoms with Crippen molar-refractivity contribution in [2.75, 3.05) is 51.5 Å². The Labute approximate surface area is 262 Å². The summed E-state index contributed by atoms with van der Waals surface area (Å²) in [5, 5.41) is 14.3. The molecule has 4 aromatic heterocycles. The Morgan fingerprint density at radius 1 is 1.11 bits per heavy atom. The van der Waals surface area contributed by atoms with Crippen LogP contribution >= 0.6 is 0 Å². The molecule has 3 atom stereocenters. The quantitative estimate of drug-likeness (QED) is 0.277. The lowest BCUT2D eigenvalue weighted by Crippen LogP contribution is -2.68. The lowest BCUT2D eigenvalue weighted by molar-refractivity contribution is -0.184. The SMILES string of the molecule is COc1ccc(CN2C3CC2CN(c2ncc(-c4cc(OCCC5COC6(COC6)C5)cn5ncc(C#N)c45)cc2C)C3)cn1. The minimum Gasteiger partial charge on any atom is -0.492 e. The van der Waals surface area contributed by atoms with Crippen molar-refractivity contribution in [3.63, 3.8) is 0 Å². The number of fused-ring (bicyclic) bond motifs is 3. The van der Waals surface area contributed by atoms with Gasteiger partial charge in [0.1, 0.15) is 23.2 Å². The Hall–Kier alpha value is -4.24. The van der Waals surface area contributed by atoms with Gasteiger partial charge in [0.2, 0.25) is 5.88 Å². The second-order valence-corrected chi connectivity index (χ2v) is 12.9. The van der Waals surface area contributed by atoms with Gasteiger partial charge in [-0.1, -0.05) is 6.07 Å². The first kappa shape index (κ1) is 28.2. The third-order valence-electron chi connectivity index (χ3n) is 9.90. The van der Waals surface area contributed by atoms with E-state index >= 15 is 0 Å². The summed E-state index contributed by atoms with van der Waals surface area (Å²) in [6.07, 6.45) is 10.5. The van der Waals surface area contributed by atoms with Crippen LogP contribution in [0.3, 0.4) is 0 Å². The maximum atomic E-state index is 9.84. The number of piperidine rings is 1. The van der Waals surface area contributed by atoms with Crippen molar-refractivity contribution in [2.45, 2.75) is 50.4 Å². The molecule has 5 aliphatic heterocycles. The Morgan fingerprint density at radius 2 is 1.98 bits per heavy atom. The van der Waals surface area contributed by atoms with Crippen molar-refractivity contribution >= 4 is 11.3 Å². The molecule has 5 fully saturated rings. The highest BCUT2D eigenvalue weighted by Crippen LogP contribution is 2.39. The maximum absolute atomic E-state index is 9.84. The van der Waals surface area contributed by atoms with Crippen LogP contribution in [0.4, 0.5) is 5.82 Å². The first-order valence-corrected chi connectivity index (χ1v) is 15.7. The highest BCUT2D eigenvalue weighted by atomic mass is 16.6. The van der Waals surface area contributed by atoms with Gasteiger partial charge >= 0.3 is 0 Å².